The lowest BCUT2D eigenvalue weighted by molar-refractivity contribution is -0.142. The lowest BCUT2D eigenvalue weighted by atomic mass is 9.70. The molecule has 2 saturated carbocycles. The van der Waals surface area contributed by atoms with Gasteiger partial charge in [-0.25, -0.2) is 4.79 Å². The molecule has 6 nitrogen and oxygen atoms in total. The number of oxime groups is 1. The minimum Gasteiger partial charge on any atom is -0.479 e. The van der Waals surface area contributed by atoms with Gasteiger partial charge >= 0.3 is 5.97 Å². The first-order valence-electron chi connectivity index (χ1n) is 10.3. The zero-order valence-electron chi connectivity index (χ0n) is 16.0. The second-order valence-corrected chi connectivity index (χ2v) is 7.98. The van der Waals surface area contributed by atoms with Crippen LogP contribution in [0.25, 0.3) is 0 Å². The normalized spacial score (nSPS) is 30.0. The van der Waals surface area contributed by atoms with E-state index < -0.39 is 12.6 Å². The van der Waals surface area contributed by atoms with Gasteiger partial charge in [0.05, 0.1) is 17.9 Å². The summed E-state index contributed by atoms with van der Waals surface area (Å²) in [5.41, 5.74) is 0.880. The summed E-state index contributed by atoms with van der Waals surface area (Å²) in [6.45, 7) is 1.79. The molecule has 2 rings (SSSR count). The molecule has 2 aliphatic rings. The second-order valence-electron chi connectivity index (χ2n) is 7.98. The van der Waals surface area contributed by atoms with Crippen LogP contribution >= 0.6 is 0 Å². The van der Waals surface area contributed by atoms with Crippen LogP contribution in [-0.4, -0.2) is 45.8 Å². The standard InChI is InChI=1S/C20H35NO5/c1-2-3-4-5-6-7-8-14(22)9-10-15-16-11-18(17(16)12-19(15)23)21-26-13-20(24)25/h14-17,19,22-23H,2-13H2,1H3,(H,24,25)/b21-18-. The average Bonchev–Trinajstić information content (AvgIpc) is 2.83. The maximum atomic E-state index is 10.5. The zero-order valence-corrected chi connectivity index (χ0v) is 16.0. The third-order valence-corrected chi connectivity index (χ3v) is 6.02. The fraction of sp³-hybridized carbons (Fsp3) is 0.900. The zero-order chi connectivity index (χ0) is 18.9. The van der Waals surface area contributed by atoms with E-state index in [0.717, 1.165) is 37.8 Å². The van der Waals surface area contributed by atoms with Gasteiger partial charge in [-0.05, 0) is 43.9 Å². The third-order valence-electron chi connectivity index (χ3n) is 6.02. The van der Waals surface area contributed by atoms with E-state index in [2.05, 4.69) is 12.1 Å². The molecule has 6 heteroatoms. The first-order chi connectivity index (χ1) is 12.5. The van der Waals surface area contributed by atoms with Crippen LogP contribution in [0.2, 0.25) is 0 Å². The second kappa shape index (κ2) is 10.9. The minimum atomic E-state index is -1.03. The number of rotatable bonds is 13. The third kappa shape index (κ3) is 6.23. The number of carboxylic acids is 1. The summed E-state index contributed by atoms with van der Waals surface area (Å²) in [6.07, 6.45) is 10.7. The van der Waals surface area contributed by atoms with Crippen molar-refractivity contribution in [2.24, 2.45) is 22.9 Å². The highest BCUT2D eigenvalue weighted by molar-refractivity contribution is 5.93. The van der Waals surface area contributed by atoms with E-state index in [0.29, 0.717) is 12.3 Å². The van der Waals surface area contributed by atoms with Crippen LogP contribution in [0.1, 0.15) is 77.6 Å². The van der Waals surface area contributed by atoms with E-state index in [-0.39, 0.29) is 24.0 Å². The Morgan fingerprint density at radius 2 is 1.96 bits per heavy atom. The molecule has 5 atom stereocenters. The molecule has 0 aromatic heterocycles. The Bertz CT molecular complexity index is 467. The lowest BCUT2D eigenvalue weighted by Gasteiger charge is -2.35. The number of carbonyl (C=O) groups is 1. The summed E-state index contributed by atoms with van der Waals surface area (Å²) < 4.78 is 0. The molecule has 2 fully saturated rings. The molecule has 3 N–H and O–H groups in total. The van der Waals surface area contributed by atoms with Crippen LogP contribution in [-0.2, 0) is 9.63 Å². The van der Waals surface area contributed by atoms with Gasteiger partial charge in [0, 0.05) is 5.92 Å². The van der Waals surface area contributed by atoms with E-state index in [4.69, 9.17) is 9.94 Å². The van der Waals surface area contributed by atoms with Crippen LogP contribution in [0.5, 0.6) is 0 Å². The molecule has 0 radical (unpaired) electrons. The largest absolute Gasteiger partial charge is 0.479 e. The van der Waals surface area contributed by atoms with Crippen molar-refractivity contribution in [1.29, 1.82) is 0 Å². The fourth-order valence-electron chi connectivity index (χ4n) is 4.47. The Morgan fingerprint density at radius 1 is 1.23 bits per heavy atom. The quantitative estimate of drug-likeness (QED) is 0.341. The molecule has 5 unspecified atom stereocenters. The van der Waals surface area contributed by atoms with Gasteiger partial charge in [0.25, 0.3) is 0 Å². The molecule has 150 valence electrons. The van der Waals surface area contributed by atoms with Gasteiger partial charge in [-0.15, -0.1) is 0 Å². The molecule has 0 aromatic rings. The van der Waals surface area contributed by atoms with Crippen LogP contribution in [0.4, 0.5) is 0 Å². The SMILES string of the molecule is CCCCCCCCC(O)CCC1C(O)CC2/C(=N\OCC(=O)O)CC21. The number of carboxylic acid groups (broad SMARTS) is 1. The van der Waals surface area contributed by atoms with Gasteiger partial charge < -0.3 is 20.2 Å². The Balaban J connectivity index is 1.62. The minimum absolute atomic E-state index is 0.220. The Kier molecular flexibility index (Phi) is 8.85. The number of hydrogen-bond donors (Lipinski definition) is 3. The van der Waals surface area contributed by atoms with Gasteiger partial charge in [-0.2, -0.15) is 0 Å². The number of nitrogens with zero attached hydrogens (tertiary/aromatic N) is 1. The number of fused-ring (bicyclic) bond motifs is 1. The lowest BCUT2D eigenvalue weighted by Crippen LogP contribution is -2.37. The van der Waals surface area contributed by atoms with E-state index in [1.54, 1.807) is 0 Å². The molecule has 26 heavy (non-hydrogen) atoms. The van der Waals surface area contributed by atoms with Gasteiger partial charge in [-0.1, -0.05) is 50.6 Å². The van der Waals surface area contributed by atoms with Crippen molar-refractivity contribution < 1.29 is 25.0 Å². The first kappa shape index (κ1) is 21.2. The molecule has 0 bridgehead atoms. The summed E-state index contributed by atoms with van der Waals surface area (Å²) in [5, 5.41) is 33.0. The number of unbranched alkanes of at least 4 members (excludes halogenated alkanes) is 5. The van der Waals surface area contributed by atoms with Crippen molar-refractivity contribution in [3.63, 3.8) is 0 Å². The summed E-state index contributed by atoms with van der Waals surface area (Å²) in [5.74, 6) is -0.190. The van der Waals surface area contributed by atoms with Crippen LogP contribution in [0, 0.1) is 17.8 Å². The first-order valence-corrected chi connectivity index (χ1v) is 10.3. The molecular formula is C20H35NO5. The Labute approximate surface area is 156 Å². The summed E-state index contributed by atoms with van der Waals surface area (Å²) >= 11 is 0. The van der Waals surface area contributed by atoms with Crippen molar-refractivity contribution >= 4 is 11.7 Å². The summed E-state index contributed by atoms with van der Waals surface area (Å²) in [4.78, 5) is 15.3. The molecular weight excluding hydrogens is 334 g/mol. The summed E-state index contributed by atoms with van der Waals surface area (Å²) in [7, 11) is 0. The number of hydrogen-bond acceptors (Lipinski definition) is 5. The molecule has 0 spiro atoms. The number of aliphatic hydroxyl groups is 2. The van der Waals surface area contributed by atoms with Gasteiger partial charge in [-0.3, -0.25) is 0 Å². The van der Waals surface area contributed by atoms with Gasteiger partial charge in [0.1, 0.15) is 0 Å². The fourth-order valence-corrected chi connectivity index (χ4v) is 4.47. The van der Waals surface area contributed by atoms with Crippen molar-refractivity contribution in [2.75, 3.05) is 6.61 Å². The molecule has 0 amide bonds. The van der Waals surface area contributed by atoms with Crippen molar-refractivity contribution in [2.45, 2.75) is 89.8 Å². The van der Waals surface area contributed by atoms with Crippen molar-refractivity contribution in [3.05, 3.63) is 0 Å². The maximum absolute atomic E-state index is 10.5. The topological polar surface area (TPSA) is 99.4 Å². The van der Waals surface area contributed by atoms with Gasteiger partial charge in [0.15, 0.2) is 0 Å². The van der Waals surface area contributed by atoms with E-state index in [1.165, 1.54) is 32.1 Å². The molecule has 0 aromatic carbocycles. The van der Waals surface area contributed by atoms with Crippen molar-refractivity contribution in [1.82, 2.24) is 0 Å². The van der Waals surface area contributed by atoms with E-state index >= 15 is 0 Å². The molecule has 0 heterocycles. The highest BCUT2D eigenvalue weighted by Gasteiger charge is 2.51. The predicted octanol–water partition coefficient (Wildman–Crippen LogP) is 3.35. The average molecular weight is 370 g/mol. The van der Waals surface area contributed by atoms with E-state index in [1.807, 2.05) is 0 Å². The maximum Gasteiger partial charge on any atom is 0.344 e. The number of aliphatic hydroxyl groups excluding tert-OH is 2. The molecule has 2 aliphatic carbocycles. The smallest absolute Gasteiger partial charge is 0.344 e. The van der Waals surface area contributed by atoms with E-state index in [9.17, 15) is 15.0 Å². The van der Waals surface area contributed by atoms with Crippen molar-refractivity contribution in [3.8, 4) is 0 Å². The number of aliphatic carboxylic acids is 1. The van der Waals surface area contributed by atoms with Crippen LogP contribution in [0.15, 0.2) is 5.16 Å². The van der Waals surface area contributed by atoms with Crippen LogP contribution < -0.4 is 0 Å². The highest BCUT2D eigenvalue weighted by atomic mass is 16.6. The van der Waals surface area contributed by atoms with Gasteiger partial charge in [0.2, 0.25) is 6.61 Å². The summed E-state index contributed by atoms with van der Waals surface area (Å²) in [6, 6.07) is 0. The predicted molar refractivity (Wildman–Crippen MR) is 100.0 cm³/mol. The Morgan fingerprint density at radius 3 is 2.69 bits per heavy atom. The highest BCUT2D eigenvalue weighted by Crippen LogP contribution is 2.50. The Hall–Kier alpha value is -1.14. The van der Waals surface area contributed by atoms with Crippen LogP contribution in [0.3, 0.4) is 0 Å². The molecule has 0 aliphatic heterocycles. The monoisotopic (exact) mass is 369 g/mol. The molecule has 0 saturated heterocycles.